The molecule has 1 aliphatic carbocycles. The second kappa shape index (κ2) is 6.59. The van der Waals surface area contributed by atoms with E-state index in [4.69, 9.17) is 4.43 Å². The highest BCUT2D eigenvalue weighted by Crippen LogP contribution is 2.49. The molecule has 3 rings (SSSR count). The molecule has 25 heavy (non-hydrogen) atoms. The maximum atomic E-state index is 6.29. The fourth-order valence-electron chi connectivity index (χ4n) is 4.63. The molecule has 0 spiro atoms. The Morgan fingerprint density at radius 2 is 2.04 bits per heavy atom. The van der Waals surface area contributed by atoms with E-state index in [1.54, 1.807) is 5.56 Å². The van der Waals surface area contributed by atoms with Crippen LogP contribution in [0.1, 0.15) is 45.2 Å². The molecule has 0 radical (unpaired) electrons. The number of nitrogens with zero attached hydrogens (tertiary/aromatic N) is 1. The third-order valence-electron chi connectivity index (χ3n) is 6.25. The smallest absolute Gasteiger partial charge is 0.242 e. The summed E-state index contributed by atoms with van der Waals surface area (Å²) in [6.07, 6.45) is 4.80. The van der Waals surface area contributed by atoms with E-state index in [0.29, 0.717) is 12.0 Å². The van der Waals surface area contributed by atoms with Crippen LogP contribution in [0.25, 0.3) is 0 Å². The van der Waals surface area contributed by atoms with Crippen molar-refractivity contribution in [2.24, 2.45) is 5.92 Å². The molecule has 3 atom stereocenters. The van der Waals surface area contributed by atoms with Crippen molar-refractivity contribution >= 4 is 8.32 Å². The minimum Gasteiger partial charge on any atom is -0.544 e. The zero-order chi connectivity index (χ0) is 18.4. The van der Waals surface area contributed by atoms with E-state index in [0.717, 1.165) is 12.3 Å². The Morgan fingerprint density at radius 1 is 1.32 bits per heavy atom. The molecule has 3 unspecified atom stereocenters. The molecule has 1 fully saturated rings. The van der Waals surface area contributed by atoms with Crippen LogP contribution in [0, 0.1) is 5.92 Å². The molecule has 1 aliphatic heterocycles. The van der Waals surface area contributed by atoms with Crippen LogP contribution in [0.2, 0.25) is 19.6 Å². The number of fused-ring (bicyclic) bond motifs is 4. The van der Waals surface area contributed by atoms with Gasteiger partial charge in [0.15, 0.2) is 0 Å². The fourth-order valence-corrected chi connectivity index (χ4v) is 5.46. The molecule has 0 N–H and O–H groups in total. The minimum atomic E-state index is -1.56. The molecule has 138 valence electrons. The van der Waals surface area contributed by atoms with E-state index in [1.807, 2.05) is 0 Å². The normalized spacial score (nSPS) is 29.1. The first kappa shape index (κ1) is 18.7. The largest absolute Gasteiger partial charge is 0.544 e. The van der Waals surface area contributed by atoms with Crippen LogP contribution in [-0.4, -0.2) is 32.3 Å². The number of hydrogen-bond donors (Lipinski definition) is 0. The molecule has 1 aromatic rings. The molecule has 0 amide bonds. The van der Waals surface area contributed by atoms with Gasteiger partial charge in [-0.15, -0.1) is 0 Å². The van der Waals surface area contributed by atoms with Gasteiger partial charge in [0.1, 0.15) is 5.75 Å². The van der Waals surface area contributed by atoms with Gasteiger partial charge >= 0.3 is 0 Å². The number of rotatable bonds is 4. The second-order valence-corrected chi connectivity index (χ2v) is 14.0. The van der Waals surface area contributed by atoms with Crippen molar-refractivity contribution in [3.05, 3.63) is 41.0 Å². The first-order valence-electron chi connectivity index (χ1n) is 9.80. The minimum absolute atomic E-state index is 0.276. The molecular formula is C22H35NOSi. The lowest BCUT2D eigenvalue weighted by Crippen LogP contribution is -2.57. The lowest BCUT2D eigenvalue weighted by molar-refractivity contribution is 0.0397. The van der Waals surface area contributed by atoms with Gasteiger partial charge in [-0.2, -0.15) is 0 Å². The Morgan fingerprint density at radius 3 is 2.68 bits per heavy atom. The maximum absolute atomic E-state index is 6.29. The Balaban J connectivity index is 1.92. The second-order valence-electron chi connectivity index (χ2n) is 9.54. The third-order valence-corrected chi connectivity index (χ3v) is 7.10. The van der Waals surface area contributed by atoms with Crippen molar-refractivity contribution < 1.29 is 4.43 Å². The number of benzene rings is 1. The summed E-state index contributed by atoms with van der Waals surface area (Å²) in [6.45, 7) is 18.4. The lowest BCUT2D eigenvalue weighted by atomic mass is 9.59. The number of allylic oxidation sites excluding steroid dienone is 1. The summed E-state index contributed by atoms with van der Waals surface area (Å²) in [5.74, 6) is 1.76. The van der Waals surface area contributed by atoms with Crippen LogP contribution in [0.15, 0.2) is 29.8 Å². The van der Waals surface area contributed by atoms with Crippen LogP contribution < -0.4 is 4.43 Å². The summed E-state index contributed by atoms with van der Waals surface area (Å²) in [5.41, 5.74) is 4.79. The van der Waals surface area contributed by atoms with Crippen LogP contribution in [0.3, 0.4) is 0 Å². The summed E-state index contributed by atoms with van der Waals surface area (Å²) in [5, 5.41) is 0. The quantitative estimate of drug-likeness (QED) is 0.529. The van der Waals surface area contributed by atoms with Gasteiger partial charge in [0.2, 0.25) is 8.32 Å². The van der Waals surface area contributed by atoms with Gasteiger partial charge < -0.3 is 4.43 Å². The topological polar surface area (TPSA) is 12.5 Å². The summed E-state index contributed by atoms with van der Waals surface area (Å²) in [6, 6.07) is 7.57. The molecule has 0 saturated carbocycles. The summed E-state index contributed by atoms with van der Waals surface area (Å²) in [4.78, 5) is 2.70. The fraction of sp³-hybridized carbons (Fsp3) is 0.636. The first-order valence-corrected chi connectivity index (χ1v) is 13.2. The van der Waals surface area contributed by atoms with Crippen molar-refractivity contribution in [1.82, 2.24) is 4.90 Å². The first-order chi connectivity index (χ1) is 11.6. The Bertz CT molecular complexity index is 671. The Hall–Kier alpha value is -1.06. The molecule has 2 bridgehead atoms. The molecule has 1 aromatic carbocycles. The van der Waals surface area contributed by atoms with Gasteiger partial charge in [-0.25, -0.2) is 0 Å². The van der Waals surface area contributed by atoms with Crippen LogP contribution >= 0.6 is 0 Å². The van der Waals surface area contributed by atoms with Crippen LogP contribution in [0.4, 0.5) is 0 Å². The SMILES string of the molecule is CC(C)=CCN1CCC2(C)c3cc(O[Si](C)(C)C)ccc3CC1C2C. The number of piperidine rings is 1. The molecule has 0 aromatic heterocycles. The average molecular weight is 358 g/mol. The van der Waals surface area contributed by atoms with Gasteiger partial charge in [-0.3, -0.25) is 4.90 Å². The highest BCUT2D eigenvalue weighted by molar-refractivity contribution is 6.70. The molecule has 2 nitrogen and oxygen atoms in total. The zero-order valence-corrected chi connectivity index (χ0v) is 18.1. The standard InChI is InChI=1S/C22H35NOSi/c1-16(2)10-12-23-13-11-22(4)17(3)21(23)14-18-8-9-19(15-20(18)22)24-25(5,6)7/h8-10,15,17,21H,11-14H2,1-7H3. The monoisotopic (exact) mass is 357 g/mol. The van der Waals surface area contributed by atoms with Gasteiger partial charge in [0, 0.05) is 12.6 Å². The van der Waals surface area contributed by atoms with E-state index in [9.17, 15) is 0 Å². The summed E-state index contributed by atoms with van der Waals surface area (Å²) >= 11 is 0. The zero-order valence-electron chi connectivity index (χ0n) is 17.1. The highest BCUT2D eigenvalue weighted by atomic mass is 28.4. The van der Waals surface area contributed by atoms with E-state index >= 15 is 0 Å². The van der Waals surface area contributed by atoms with Crippen LogP contribution in [0.5, 0.6) is 5.75 Å². The van der Waals surface area contributed by atoms with E-state index in [-0.39, 0.29) is 5.41 Å². The Kier molecular flexibility index (Phi) is 4.93. The van der Waals surface area contributed by atoms with Crippen molar-refractivity contribution in [2.75, 3.05) is 13.1 Å². The maximum Gasteiger partial charge on any atom is 0.242 e. The molecule has 1 saturated heterocycles. The van der Waals surface area contributed by atoms with E-state index in [2.05, 4.69) is 76.5 Å². The van der Waals surface area contributed by atoms with E-state index in [1.165, 1.54) is 30.5 Å². The van der Waals surface area contributed by atoms with Crippen molar-refractivity contribution in [3.63, 3.8) is 0 Å². The molecule has 1 heterocycles. The average Bonchev–Trinajstić information content (AvgIpc) is 2.49. The predicted octanol–water partition coefficient (Wildman–Crippen LogP) is 5.39. The van der Waals surface area contributed by atoms with Crippen LogP contribution in [-0.2, 0) is 11.8 Å². The lowest BCUT2D eigenvalue weighted by Gasteiger charge is -2.54. The van der Waals surface area contributed by atoms with Gasteiger partial charge in [-0.05, 0) is 87.5 Å². The van der Waals surface area contributed by atoms with E-state index < -0.39 is 8.32 Å². The van der Waals surface area contributed by atoms with Crippen molar-refractivity contribution in [1.29, 1.82) is 0 Å². The molecule has 3 heteroatoms. The number of hydrogen-bond acceptors (Lipinski definition) is 2. The predicted molar refractivity (Wildman–Crippen MR) is 110 cm³/mol. The molecule has 2 aliphatic rings. The van der Waals surface area contributed by atoms with Crippen molar-refractivity contribution in [3.8, 4) is 5.75 Å². The number of likely N-dealkylation sites (tertiary alicyclic amines) is 1. The summed E-state index contributed by atoms with van der Waals surface area (Å²) < 4.78 is 6.29. The van der Waals surface area contributed by atoms with Gasteiger partial charge in [0.05, 0.1) is 0 Å². The third kappa shape index (κ3) is 3.73. The van der Waals surface area contributed by atoms with Gasteiger partial charge in [-0.1, -0.05) is 31.6 Å². The molecular weight excluding hydrogens is 322 g/mol. The van der Waals surface area contributed by atoms with Gasteiger partial charge in [0.25, 0.3) is 0 Å². The van der Waals surface area contributed by atoms with Crippen molar-refractivity contribution in [2.45, 2.75) is 71.6 Å². The summed E-state index contributed by atoms with van der Waals surface area (Å²) in [7, 11) is -1.56. The highest BCUT2D eigenvalue weighted by Gasteiger charge is 2.48. The Labute approximate surface area is 155 Å².